The molecule has 0 aliphatic carbocycles. The molecule has 0 spiro atoms. The van der Waals surface area contributed by atoms with Gasteiger partial charge in [-0.3, -0.25) is 9.59 Å². The molecule has 0 atom stereocenters. The van der Waals surface area contributed by atoms with Crippen molar-refractivity contribution in [3.63, 3.8) is 0 Å². The molecule has 3 aromatic carbocycles. The molecule has 0 unspecified atom stereocenters. The van der Waals surface area contributed by atoms with E-state index in [1.165, 1.54) is 6.07 Å². The molecule has 1 aliphatic rings. The topological polar surface area (TPSA) is 113 Å². The zero-order valence-electron chi connectivity index (χ0n) is 17.4. The van der Waals surface area contributed by atoms with Crippen LogP contribution < -0.4 is 9.03 Å². The smallest absolute Gasteiger partial charge is 0.326 e. The standard InChI is InChI=1S/C23H22N2O6S/c1-2-31-23(28)9-6-15-4-3-5-16(10-15)17-7-8-18-13-21(26)20(12-19(18)11-17)25-14-22(27)24-32(25,29)30/h3-5,7-8,10-13,26H,2,6,9,14H2,1H3,(H,24,27). The van der Waals surface area contributed by atoms with Crippen LogP contribution in [0.4, 0.5) is 5.69 Å². The van der Waals surface area contributed by atoms with Crippen molar-refractivity contribution in [3.05, 3.63) is 60.2 Å². The molecule has 0 saturated carbocycles. The van der Waals surface area contributed by atoms with Crippen molar-refractivity contribution in [2.75, 3.05) is 17.5 Å². The highest BCUT2D eigenvalue weighted by molar-refractivity contribution is 7.92. The van der Waals surface area contributed by atoms with Gasteiger partial charge in [0.05, 0.1) is 12.3 Å². The first-order chi connectivity index (χ1) is 15.3. The maximum Gasteiger partial charge on any atom is 0.326 e. The molecule has 1 heterocycles. The molecule has 1 fully saturated rings. The lowest BCUT2D eigenvalue weighted by molar-refractivity contribution is -0.143. The number of anilines is 1. The van der Waals surface area contributed by atoms with Gasteiger partial charge < -0.3 is 9.84 Å². The molecule has 1 aliphatic heterocycles. The first-order valence-electron chi connectivity index (χ1n) is 10.1. The van der Waals surface area contributed by atoms with Crippen molar-refractivity contribution in [3.8, 4) is 16.9 Å². The minimum absolute atomic E-state index is 0.0381. The number of carbonyl (C=O) groups excluding carboxylic acids is 2. The van der Waals surface area contributed by atoms with Crippen LogP contribution in [-0.2, 0) is 31.0 Å². The van der Waals surface area contributed by atoms with E-state index in [9.17, 15) is 23.1 Å². The SMILES string of the molecule is CCOC(=O)CCc1cccc(-c2ccc3cc(O)c(N4CC(=O)NS4(=O)=O)cc3c2)c1. The second-order valence-electron chi connectivity index (χ2n) is 7.45. The van der Waals surface area contributed by atoms with Crippen molar-refractivity contribution in [1.82, 2.24) is 4.72 Å². The number of carbonyl (C=O) groups is 2. The summed E-state index contributed by atoms with van der Waals surface area (Å²) < 4.78 is 32.1. The van der Waals surface area contributed by atoms with Crippen LogP contribution in [-0.4, -0.2) is 38.6 Å². The summed E-state index contributed by atoms with van der Waals surface area (Å²) in [5.74, 6) is -1.12. The maximum atomic E-state index is 12.2. The molecule has 4 rings (SSSR count). The number of benzene rings is 3. The number of aryl methyl sites for hydroxylation is 1. The highest BCUT2D eigenvalue weighted by Crippen LogP contribution is 2.36. The van der Waals surface area contributed by atoms with E-state index in [0.717, 1.165) is 26.4 Å². The van der Waals surface area contributed by atoms with Gasteiger partial charge in [0.2, 0.25) is 0 Å². The fourth-order valence-corrected chi connectivity index (χ4v) is 4.86. The number of nitrogens with zero attached hydrogens (tertiary/aromatic N) is 1. The predicted octanol–water partition coefficient (Wildman–Crippen LogP) is 2.89. The lowest BCUT2D eigenvalue weighted by Crippen LogP contribution is -2.29. The summed E-state index contributed by atoms with van der Waals surface area (Å²) in [5, 5.41) is 11.8. The third-order valence-corrected chi connectivity index (χ3v) is 6.60. The van der Waals surface area contributed by atoms with Crippen molar-refractivity contribution < 1.29 is 27.9 Å². The van der Waals surface area contributed by atoms with E-state index in [0.29, 0.717) is 24.8 Å². The molecular formula is C23H22N2O6S. The van der Waals surface area contributed by atoms with Crippen molar-refractivity contribution in [2.24, 2.45) is 0 Å². The molecule has 0 radical (unpaired) electrons. The summed E-state index contributed by atoms with van der Waals surface area (Å²) in [4.78, 5) is 23.2. The lowest BCUT2D eigenvalue weighted by atomic mass is 9.98. The normalized spacial score (nSPS) is 15.0. The maximum absolute atomic E-state index is 12.2. The zero-order chi connectivity index (χ0) is 22.9. The summed E-state index contributed by atoms with van der Waals surface area (Å²) in [6, 6.07) is 16.5. The number of hydrogen-bond donors (Lipinski definition) is 2. The van der Waals surface area contributed by atoms with Crippen LogP contribution in [0.15, 0.2) is 54.6 Å². The van der Waals surface area contributed by atoms with Gasteiger partial charge in [-0.05, 0) is 59.0 Å². The van der Waals surface area contributed by atoms with Gasteiger partial charge in [0.15, 0.2) is 0 Å². The van der Waals surface area contributed by atoms with Gasteiger partial charge >= 0.3 is 16.2 Å². The number of fused-ring (bicyclic) bond motifs is 1. The molecule has 1 amide bonds. The molecular weight excluding hydrogens is 432 g/mol. The minimum atomic E-state index is -4.03. The number of esters is 1. The fourth-order valence-electron chi connectivity index (χ4n) is 3.70. The van der Waals surface area contributed by atoms with Gasteiger partial charge in [0.25, 0.3) is 5.91 Å². The molecule has 0 bridgehead atoms. The average molecular weight is 455 g/mol. The van der Waals surface area contributed by atoms with E-state index in [4.69, 9.17) is 4.74 Å². The highest BCUT2D eigenvalue weighted by Gasteiger charge is 2.35. The average Bonchev–Trinajstić information content (AvgIpc) is 3.03. The van der Waals surface area contributed by atoms with Crippen molar-refractivity contribution >= 4 is 38.5 Å². The summed E-state index contributed by atoms with van der Waals surface area (Å²) in [5.41, 5.74) is 2.87. The number of rotatable bonds is 6. The van der Waals surface area contributed by atoms with Crippen LogP contribution in [0.25, 0.3) is 21.9 Å². The molecule has 3 aromatic rings. The van der Waals surface area contributed by atoms with Gasteiger partial charge in [0, 0.05) is 6.42 Å². The summed E-state index contributed by atoms with van der Waals surface area (Å²) >= 11 is 0. The number of ether oxygens (including phenoxy) is 1. The van der Waals surface area contributed by atoms with Gasteiger partial charge in [-0.1, -0.05) is 36.4 Å². The molecule has 0 aromatic heterocycles. The predicted molar refractivity (Wildman–Crippen MR) is 120 cm³/mol. The van der Waals surface area contributed by atoms with Crippen LogP contribution >= 0.6 is 0 Å². The second kappa shape index (κ2) is 8.51. The summed E-state index contributed by atoms with van der Waals surface area (Å²) in [6.45, 7) is 1.75. The monoisotopic (exact) mass is 454 g/mol. The highest BCUT2D eigenvalue weighted by atomic mass is 32.2. The number of nitrogens with one attached hydrogen (secondary N) is 1. The molecule has 8 nitrogen and oxygen atoms in total. The van der Waals surface area contributed by atoms with E-state index < -0.39 is 16.1 Å². The lowest BCUT2D eigenvalue weighted by Gasteiger charge is -2.17. The quantitative estimate of drug-likeness (QED) is 0.554. The van der Waals surface area contributed by atoms with Crippen molar-refractivity contribution in [1.29, 1.82) is 0 Å². The van der Waals surface area contributed by atoms with Gasteiger partial charge in [-0.2, -0.15) is 8.42 Å². The first-order valence-corrected chi connectivity index (χ1v) is 11.6. The Bertz CT molecular complexity index is 1320. The van der Waals surface area contributed by atoms with E-state index in [1.54, 1.807) is 13.0 Å². The van der Waals surface area contributed by atoms with E-state index in [-0.39, 0.29) is 24.0 Å². The molecule has 2 N–H and O–H groups in total. The summed E-state index contributed by atoms with van der Waals surface area (Å²) in [6.07, 6.45) is 0.862. The van der Waals surface area contributed by atoms with Gasteiger partial charge in [-0.15, -0.1) is 0 Å². The Morgan fingerprint density at radius 3 is 2.59 bits per heavy atom. The Kier molecular flexibility index (Phi) is 5.75. The van der Waals surface area contributed by atoms with Crippen LogP contribution in [0, 0.1) is 0 Å². The number of amides is 1. The van der Waals surface area contributed by atoms with Crippen LogP contribution in [0.5, 0.6) is 5.75 Å². The second-order valence-corrected chi connectivity index (χ2v) is 9.04. The number of aromatic hydroxyl groups is 1. The summed E-state index contributed by atoms with van der Waals surface area (Å²) in [7, 11) is -4.03. The third-order valence-electron chi connectivity index (χ3n) is 5.21. The Morgan fingerprint density at radius 2 is 1.88 bits per heavy atom. The minimum Gasteiger partial charge on any atom is -0.506 e. The Hall–Kier alpha value is -3.59. The van der Waals surface area contributed by atoms with Gasteiger partial charge in [0.1, 0.15) is 12.3 Å². The fraction of sp³-hybridized carbons (Fsp3) is 0.217. The van der Waals surface area contributed by atoms with Gasteiger partial charge in [-0.25, -0.2) is 9.03 Å². The Balaban J connectivity index is 1.67. The van der Waals surface area contributed by atoms with E-state index in [1.807, 2.05) is 47.2 Å². The Labute approximate surface area is 185 Å². The molecule has 1 saturated heterocycles. The van der Waals surface area contributed by atoms with Crippen LogP contribution in [0.3, 0.4) is 0 Å². The van der Waals surface area contributed by atoms with Crippen LogP contribution in [0.2, 0.25) is 0 Å². The molecule has 9 heteroatoms. The zero-order valence-corrected chi connectivity index (χ0v) is 18.2. The van der Waals surface area contributed by atoms with E-state index in [2.05, 4.69) is 0 Å². The Morgan fingerprint density at radius 1 is 1.09 bits per heavy atom. The largest absolute Gasteiger partial charge is 0.506 e. The third kappa shape index (κ3) is 4.38. The molecule has 32 heavy (non-hydrogen) atoms. The molecule has 166 valence electrons. The van der Waals surface area contributed by atoms with Crippen molar-refractivity contribution in [2.45, 2.75) is 19.8 Å². The first kappa shape index (κ1) is 21.6. The number of phenols is 1. The van der Waals surface area contributed by atoms with E-state index >= 15 is 0 Å². The number of hydrogen-bond acceptors (Lipinski definition) is 6. The van der Waals surface area contributed by atoms with Crippen LogP contribution in [0.1, 0.15) is 18.9 Å². The number of phenolic OH excluding ortho intramolecular Hbond substituents is 1.